The zero-order valence-electron chi connectivity index (χ0n) is 5.70. The van der Waals surface area contributed by atoms with Gasteiger partial charge in [0.25, 0.3) is 0 Å². The number of hydrogen-bond donors (Lipinski definition) is 0. The molecule has 0 unspecified atom stereocenters. The van der Waals surface area contributed by atoms with Gasteiger partial charge in [-0.3, -0.25) is 0 Å². The van der Waals surface area contributed by atoms with Gasteiger partial charge in [-0.15, -0.1) is 0 Å². The van der Waals surface area contributed by atoms with Crippen molar-refractivity contribution >= 4 is 18.7 Å². The maximum atomic E-state index is 5.36. The van der Waals surface area contributed by atoms with Crippen LogP contribution in [-0.4, -0.2) is 14.2 Å². The van der Waals surface area contributed by atoms with Crippen LogP contribution in [-0.2, 0) is 0 Å². The van der Waals surface area contributed by atoms with Crippen molar-refractivity contribution in [3.05, 3.63) is 24.3 Å². The Morgan fingerprint density at radius 2 is 2.10 bits per heavy atom. The first-order valence-corrected chi connectivity index (χ1v) is 3.76. The van der Waals surface area contributed by atoms with E-state index in [4.69, 9.17) is 11.9 Å². The summed E-state index contributed by atoms with van der Waals surface area (Å²) in [4.78, 5) is 0.963. The monoisotopic (exact) mass is 150 g/mol. The number of methoxy groups -OCH3 is 1. The second-order valence-electron chi connectivity index (χ2n) is 1.77. The molecule has 3 heteroatoms. The first-order chi connectivity index (χ1) is 4.88. The zero-order chi connectivity index (χ0) is 7.40. The third-order valence-electron chi connectivity index (χ3n) is 1.20. The van der Waals surface area contributed by atoms with E-state index in [-0.39, 0.29) is 0 Å². The highest BCUT2D eigenvalue weighted by atomic mass is 32.2. The Hall–Kier alpha value is -0.565. The summed E-state index contributed by atoms with van der Waals surface area (Å²) in [6.07, 6.45) is 0. The van der Waals surface area contributed by atoms with Crippen molar-refractivity contribution in [1.82, 2.24) is 0 Å². The summed E-state index contributed by atoms with van der Waals surface area (Å²) in [5.74, 6) is 0.829. The summed E-state index contributed by atoms with van der Waals surface area (Å²) in [6, 6.07) is 7.65. The van der Waals surface area contributed by atoms with Gasteiger partial charge in [0, 0.05) is 4.90 Å². The molecule has 0 spiro atoms. The van der Waals surface area contributed by atoms with E-state index in [9.17, 15) is 0 Å². The number of benzene rings is 1. The van der Waals surface area contributed by atoms with Crippen molar-refractivity contribution in [2.75, 3.05) is 7.11 Å². The average molecular weight is 150 g/mol. The minimum atomic E-state index is 0.829. The molecular weight excluding hydrogens is 143 g/mol. The lowest BCUT2D eigenvalue weighted by Gasteiger charge is -2.03. The number of ether oxygens (including phenoxy) is 1. The Morgan fingerprint density at radius 1 is 1.40 bits per heavy atom. The summed E-state index contributed by atoms with van der Waals surface area (Å²) in [5.41, 5.74) is 0. The highest BCUT2D eigenvalue weighted by molar-refractivity contribution is 8.19. The molecule has 2 radical (unpaired) electrons. The van der Waals surface area contributed by atoms with E-state index in [0.717, 1.165) is 10.6 Å². The summed E-state index contributed by atoms with van der Waals surface area (Å²) >= 11 is 1.19. The van der Waals surface area contributed by atoms with Crippen LogP contribution < -0.4 is 4.74 Å². The van der Waals surface area contributed by atoms with Crippen LogP contribution in [0.1, 0.15) is 0 Å². The fraction of sp³-hybridized carbons (Fsp3) is 0.143. The Bertz CT molecular complexity index is 192. The van der Waals surface area contributed by atoms with Gasteiger partial charge >= 0.3 is 0 Å². The Labute approximate surface area is 66.1 Å². The van der Waals surface area contributed by atoms with E-state index in [1.54, 1.807) is 7.11 Å². The van der Waals surface area contributed by atoms with Crippen LogP contribution in [0.2, 0.25) is 0 Å². The second kappa shape index (κ2) is 3.57. The normalized spacial score (nSPS) is 9.30. The quantitative estimate of drug-likeness (QED) is 0.595. The largest absolute Gasteiger partial charge is 0.496 e. The van der Waals surface area contributed by atoms with Gasteiger partial charge < -0.3 is 4.74 Å². The number of rotatable bonds is 2. The minimum Gasteiger partial charge on any atom is -0.496 e. The Morgan fingerprint density at radius 3 is 2.60 bits per heavy atom. The van der Waals surface area contributed by atoms with Gasteiger partial charge in [0.05, 0.1) is 7.11 Å². The summed E-state index contributed by atoms with van der Waals surface area (Å²) in [5, 5.41) is 0. The van der Waals surface area contributed by atoms with Gasteiger partial charge in [-0.1, -0.05) is 12.1 Å². The molecule has 0 aliphatic heterocycles. The maximum absolute atomic E-state index is 5.36. The van der Waals surface area contributed by atoms with Gasteiger partial charge in [-0.25, -0.2) is 0 Å². The van der Waals surface area contributed by atoms with Gasteiger partial charge in [0.15, 0.2) is 7.12 Å². The molecule has 0 aliphatic carbocycles. The predicted octanol–water partition coefficient (Wildman–Crippen LogP) is 1.87. The van der Waals surface area contributed by atoms with Crippen molar-refractivity contribution in [2.24, 2.45) is 0 Å². The van der Waals surface area contributed by atoms with E-state index in [1.165, 1.54) is 11.6 Å². The third kappa shape index (κ3) is 1.48. The molecule has 0 aliphatic rings. The first-order valence-electron chi connectivity index (χ1n) is 2.88. The van der Waals surface area contributed by atoms with E-state index < -0.39 is 0 Å². The number of hydrogen-bond acceptors (Lipinski definition) is 2. The molecule has 1 nitrogen and oxygen atoms in total. The van der Waals surface area contributed by atoms with Crippen LogP contribution in [0.4, 0.5) is 0 Å². The molecule has 50 valence electrons. The molecule has 0 saturated carbocycles. The Kier molecular flexibility index (Phi) is 2.69. The van der Waals surface area contributed by atoms with Crippen molar-refractivity contribution in [2.45, 2.75) is 4.90 Å². The van der Waals surface area contributed by atoms with Gasteiger partial charge in [0.2, 0.25) is 0 Å². The van der Waals surface area contributed by atoms with E-state index in [2.05, 4.69) is 0 Å². The van der Waals surface area contributed by atoms with Crippen molar-refractivity contribution in [3.8, 4) is 5.75 Å². The molecule has 0 N–H and O–H groups in total. The van der Waals surface area contributed by atoms with Crippen LogP contribution in [0.15, 0.2) is 29.2 Å². The molecule has 0 fully saturated rings. The molecule has 10 heavy (non-hydrogen) atoms. The van der Waals surface area contributed by atoms with E-state index in [0.29, 0.717) is 0 Å². The van der Waals surface area contributed by atoms with Crippen molar-refractivity contribution in [3.63, 3.8) is 0 Å². The molecule has 1 rings (SSSR count). The lowest BCUT2D eigenvalue weighted by atomic mass is 10.3. The van der Waals surface area contributed by atoms with Crippen LogP contribution in [0.3, 0.4) is 0 Å². The molecule has 0 amide bonds. The predicted molar refractivity (Wildman–Crippen MR) is 44.6 cm³/mol. The lowest BCUT2D eigenvalue weighted by Crippen LogP contribution is -1.83. The third-order valence-corrected chi connectivity index (χ3v) is 1.79. The Balaban J connectivity index is 2.96. The number of para-hydroxylation sites is 1. The van der Waals surface area contributed by atoms with Crippen LogP contribution >= 0.6 is 11.6 Å². The molecule has 1 aromatic rings. The van der Waals surface area contributed by atoms with Gasteiger partial charge in [-0.2, -0.15) is 11.6 Å². The van der Waals surface area contributed by atoms with Crippen molar-refractivity contribution < 1.29 is 4.74 Å². The molecule has 0 atom stereocenters. The molecular formula is C7H7BOS. The highest BCUT2D eigenvalue weighted by Gasteiger charge is 1.95. The van der Waals surface area contributed by atoms with Crippen LogP contribution in [0.25, 0.3) is 0 Å². The smallest absolute Gasteiger partial charge is 0.168 e. The van der Waals surface area contributed by atoms with Gasteiger partial charge in [-0.05, 0) is 12.1 Å². The van der Waals surface area contributed by atoms with Crippen LogP contribution in [0.5, 0.6) is 5.75 Å². The molecule has 0 saturated heterocycles. The SMILES string of the molecule is [B]Sc1ccccc1OC. The highest BCUT2D eigenvalue weighted by Crippen LogP contribution is 2.25. The van der Waals surface area contributed by atoms with E-state index >= 15 is 0 Å². The molecule has 0 bridgehead atoms. The zero-order valence-corrected chi connectivity index (χ0v) is 6.52. The first kappa shape index (κ1) is 7.54. The molecule has 0 aromatic heterocycles. The fourth-order valence-corrected chi connectivity index (χ4v) is 1.14. The summed E-state index contributed by atoms with van der Waals surface area (Å²) in [6.45, 7) is 0. The summed E-state index contributed by atoms with van der Waals surface area (Å²) in [7, 11) is 7.00. The summed E-state index contributed by atoms with van der Waals surface area (Å²) < 4.78 is 5.04. The average Bonchev–Trinajstić information content (AvgIpc) is 2.04. The van der Waals surface area contributed by atoms with Crippen molar-refractivity contribution in [1.29, 1.82) is 0 Å². The van der Waals surface area contributed by atoms with Gasteiger partial charge in [0.1, 0.15) is 5.75 Å². The van der Waals surface area contributed by atoms with Crippen LogP contribution in [0, 0.1) is 0 Å². The lowest BCUT2D eigenvalue weighted by molar-refractivity contribution is 0.405. The standard InChI is InChI=1S/C7H7BOS/c1-9-6-4-2-3-5-7(6)10-8/h2-5H,1H3. The molecule has 0 heterocycles. The fourth-order valence-electron chi connectivity index (χ4n) is 0.716. The topological polar surface area (TPSA) is 9.23 Å². The van der Waals surface area contributed by atoms with E-state index in [1.807, 2.05) is 24.3 Å². The second-order valence-corrected chi connectivity index (χ2v) is 2.44. The maximum Gasteiger partial charge on any atom is 0.168 e. The minimum absolute atomic E-state index is 0.829. The molecule has 1 aromatic carbocycles.